The SMILES string of the molecule is [B]OC(=O)NCNC(=O)Nc1nc(C)cc(=O)[nH]1. The minimum absolute atomic E-state index is 0.00102. The van der Waals surface area contributed by atoms with Crippen LogP contribution in [0.5, 0.6) is 0 Å². The first-order valence-corrected chi connectivity index (χ1v) is 4.78. The van der Waals surface area contributed by atoms with Crippen LogP contribution in [-0.2, 0) is 4.65 Å². The van der Waals surface area contributed by atoms with Crippen LogP contribution in [0.2, 0.25) is 0 Å². The van der Waals surface area contributed by atoms with Crippen LogP contribution in [0.25, 0.3) is 0 Å². The van der Waals surface area contributed by atoms with E-state index in [0.717, 1.165) is 0 Å². The maximum atomic E-state index is 11.3. The highest BCUT2D eigenvalue weighted by Gasteiger charge is 2.04. The molecule has 1 heterocycles. The van der Waals surface area contributed by atoms with Gasteiger partial charge in [0.25, 0.3) is 5.56 Å². The highest BCUT2D eigenvalue weighted by molar-refractivity contribution is 6.05. The van der Waals surface area contributed by atoms with Gasteiger partial charge in [0.2, 0.25) is 5.95 Å². The van der Waals surface area contributed by atoms with E-state index in [4.69, 9.17) is 0 Å². The number of hydrogen-bond acceptors (Lipinski definition) is 5. The Morgan fingerprint density at radius 1 is 1.50 bits per heavy atom. The largest absolute Gasteiger partial charge is 0.528 e. The van der Waals surface area contributed by atoms with E-state index in [1.165, 1.54) is 6.07 Å². The zero-order chi connectivity index (χ0) is 13.5. The van der Waals surface area contributed by atoms with E-state index in [-0.39, 0.29) is 18.2 Å². The lowest BCUT2D eigenvalue weighted by Gasteiger charge is -2.07. The van der Waals surface area contributed by atoms with Crippen molar-refractivity contribution in [1.82, 2.24) is 20.6 Å². The number of carbonyl (C=O) groups excluding carboxylic acids is 2. The van der Waals surface area contributed by atoms with E-state index < -0.39 is 12.1 Å². The molecule has 0 aliphatic carbocycles. The first-order valence-electron chi connectivity index (χ1n) is 4.78. The normalized spacial score (nSPS) is 9.39. The Hall–Kier alpha value is -2.52. The molecule has 18 heavy (non-hydrogen) atoms. The van der Waals surface area contributed by atoms with Crippen molar-refractivity contribution in [2.75, 3.05) is 12.0 Å². The van der Waals surface area contributed by atoms with Crippen molar-refractivity contribution in [2.24, 2.45) is 0 Å². The summed E-state index contributed by atoms with van der Waals surface area (Å²) < 4.78 is 3.80. The molecular weight excluding hydrogens is 241 g/mol. The zero-order valence-corrected chi connectivity index (χ0v) is 9.44. The summed E-state index contributed by atoms with van der Waals surface area (Å²) in [7, 11) is 4.56. The number of rotatable bonds is 3. The molecule has 0 aliphatic rings. The molecule has 94 valence electrons. The van der Waals surface area contributed by atoms with Crippen LogP contribution in [0.4, 0.5) is 15.5 Å². The van der Waals surface area contributed by atoms with Gasteiger partial charge in [0.15, 0.2) is 0 Å². The monoisotopic (exact) mass is 251 g/mol. The molecule has 2 radical (unpaired) electrons. The summed E-state index contributed by atoms with van der Waals surface area (Å²) in [4.78, 5) is 39.1. The van der Waals surface area contributed by atoms with Gasteiger partial charge >= 0.3 is 20.2 Å². The molecule has 0 spiro atoms. The Bertz CT molecular complexity index is 503. The summed E-state index contributed by atoms with van der Waals surface area (Å²) in [6.45, 7) is 1.41. The van der Waals surface area contributed by atoms with Crippen LogP contribution < -0.4 is 21.5 Å². The lowest BCUT2D eigenvalue weighted by Crippen LogP contribution is -2.39. The van der Waals surface area contributed by atoms with Crippen LogP contribution in [-0.4, -0.2) is 36.8 Å². The topological polar surface area (TPSA) is 125 Å². The second-order valence-electron chi connectivity index (χ2n) is 3.13. The second kappa shape index (κ2) is 6.28. The molecule has 0 aliphatic heterocycles. The van der Waals surface area contributed by atoms with E-state index in [1.54, 1.807) is 6.92 Å². The van der Waals surface area contributed by atoms with Gasteiger partial charge < -0.3 is 15.3 Å². The van der Waals surface area contributed by atoms with Crippen molar-refractivity contribution in [3.63, 3.8) is 0 Å². The maximum Gasteiger partial charge on any atom is 0.389 e. The Morgan fingerprint density at radius 2 is 2.22 bits per heavy atom. The maximum absolute atomic E-state index is 11.3. The second-order valence-corrected chi connectivity index (χ2v) is 3.13. The van der Waals surface area contributed by atoms with Crippen molar-refractivity contribution in [3.8, 4) is 0 Å². The van der Waals surface area contributed by atoms with Crippen molar-refractivity contribution in [3.05, 3.63) is 22.1 Å². The van der Waals surface area contributed by atoms with E-state index >= 15 is 0 Å². The fraction of sp³-hybridized carbons (Fsp3) is 0.250. The predicted molar refractivity (Wildman–Crippen MR) is 62.0 cm³/mol. The van der Waals surface area contributed by atoms with Gasteiger partial charge in [0.05, 0.1) is 6.67 Å². The third-order valence-corrected chi connectivity index (χ3v) is 1.69. The molecule has 0 aromatic carbocycles. The third kappa shape index (κ3) is 4.55. The highest BCUT2D eigenvalue weighted by Crippen LogP contribution is 1.94. The Morgan fingerprint density at radius 3 is 2.83 bits per heavy atom. The molecule has 0 fully saturated rings. The summed E-state index contributed by atoms with van der Waals surface area (Å²) in [5.41, 5.74) is 0.0709. The Kier molecular flexibility index (Phi) is 4.72. The van der Waals surface area contributed by atoms with Crippen LogP contribution in [0.15, 0.2) is 10.9 Å². The Balaban J connectivity index is 2.44. The van der Waals surface area contributed by atoms with Gasteiger partial charge in [-0.1, -0.05) is 0 Å². The summed E-state index contributed by atoms with van der Waals surface area (Å²) in [6, 6.07) is 0.614. The van der Waals surface area contributed by atoms with Crippen molar-refractivity contribution >= 4 is 26.1 Å². The van der Waals surface area contributed by atoms with E-state index in [9.17, 15) is 14.4 Å². The molecule has 0 saturated heterocycles. The number of aromatic amines is 1. The van der Waals surface area contributed by atoms with E-state index in [2.05, 4.69) is 38.6 Å². The minimum atomic E-state index is -0.891. The predicted octanol–water partition coefficient (Wildman–Crippen LogP) is -1.03. The molecule has 1 rings (SSSR count). The summed E-state index contributed by atoms with van der Waals surface area (Å²) in [6.07, 6.45) is -0.891. The number of hydrogen-bond donors (Lipinski definition) is 4. The first kappa shape index (κ1) is 13.5. The molecule has 9 nitrogen and oxygen atoms in total. The summed E-state index contributed by atoms with van der Waals surface area (Å²) >= 11 is 0. The molecule has 10 heteroatoms. The zero-order valence-electron chi connectivity index (χ0n) is 9.44. The smallest absolute Gasteiger partial charge is 0.389 e. The molecule has 1 aromatic rings. The van der Waals surface area contributed by atoms with Crippen molar-refractivity contribution < 1.29 is 14.2 Å². The number of carbonyl (C=O) groups is 2. The first-order chi connectivity index (χ1) is 8.51. The van der Waals surface area contributed by atoms with Gasteiger partial charge in [0.1, 0.15) is 0 Å². The number of nitrogens with zero attached hydrogens (tertiary/aromatic N) is 1. The lowest BCUT2D eigenvalue weighted by molar-refractivity contribution is 0.203. The summed E-state index contributed by atoms with van der Waals surface area (Å²) in [5, 5.41) is 6.65. The quantitative estimate of drug-likeness (QED) is 0.403. The number of amides is 3. The fourth-order valence-electron chi connectivity index (χ4n) is 1.03. The number of nitrogens with one attached hydrogen (secondary N) is 4. The lowest BCUT2D eigenvalue weighted by atomic mass is 10.4. The Labute approximate surface area is 103 Å². The number of anilines is 1. The van der Waals surface area contributed by atoms with Crippen molar-refractivity contribution in [2.45, 2.75) is 6.92 Å². The van der Waals surface area contributed by atoms with Gasteiger partial charge in [-0.15, -0.1) is 0 Å². The summed E-state index contributed by atoms with van der Waals surface area (Å²) in [5.74, 6) is -0.00102. The molecule has 4 N–H and O–H groups in total. The number of H-pyrrole nitrogens is 1. The standard InChI is InChI=1S/C8H10BN5O4/c1-4-2-5(15)13-6(12-4)14-7(16)10-3-11-8(17)18-9/h2H,3H2,1H3,(H,11,17)(H3,10,12,13,14,15,16). The van der Waals surface area contributed by atoms with Crippen LogP contribution >= 0.6 is 0 Å². The number of aryl methyl sites for hydroxylation is 1. The van der Waals surface area contributed by atoms with Gasteiger partial charge in [0, 0.05) is 11.8 Å². The minimum Gasteiger partial charge on any atom is -0.528 e. The average molecular weight is 251 g/mol. The molecule has 0 unspecified atom stereocenters. The number of urea groups is 1. The van der Waals surface area contributed by atoms with Crippen LogP contribution in [0.1, 0.15) is 5.69 Å². The molecule has 3 amide bonds. The molecular formula is C8H10BN5O4. The van der Waals surface area contributed by atoms with Gasteiger partial charge in [-0.3, -0.25) is 15.1 Å². The fourth-order valence-corrected chi connectivity index (χ4v) is 1.03. The van der Waals surface area contributed by atoms with Gasteiger partial charge in [-0.2, -0.15) is 0 Å². The van der Waals surface area contributed by atoms with E-state index in [0.29, 0.717) is 5.69 Å². The molecule has 0 saturated carbocycles. The number of aromatic nitrogens is 2. The van der Waals surface area contributed by atoms with Gasteiger partial charge in [-0.05, 0) is 6.92 Å². The average Bonchev–Trinajstić information content (AvgIpc) is 2.27. The molecule has 0 bridgehead atoms. The molecule has 1 aromatic heterocycles. The molecule has 0 atom stereocenters. The third-order valence-electron chi connectivity index (χ3n) is 1.69. The van der Waals surface area contributed by atoms with Crippen LogP contribution in [0.3, 0.4) is 0 Å². The van der Waals surface area contributed by atoms with Crippen LogP contribution in [0, 0.1) is 6.92 Å². The van der Waals surface area contributed by atoms with Gasteiger partial charge in [-0.25, -0.2) is 14.6 Å². The van der Waals surface area contributed by atoms with Crippen molar-refractivity contribution in [1.29, 1.82) is 0 Å². The van der Waals surface area contributed by atoms with E-state index in [1.807, 2.05) is 0 Å². The highest BCUT2D eigenvalue weighted by atomic mass is 16.5.